The number of ketones is 1. The zero-order chi connectivity index (χ0) is 37.3. The van der Waals surface area contributed by atoms with Gasteiger partial charge in [-0.2, -0.15) is 0 Å². The number of Topliss-reactive ketones (excluding diaryl/α,β-unsaturated/α-hetero) is 1. The van der Waals surface area contributed by atoms with E-state index in [1.54, 1.807) is 6.92 Å². The molecule has 0 spiro atoms. The minimum Gasteiger partial charge on any atom is -0.416 e. The summed E-state index contributed by atoms with van der Waals surface area (Å²) in [6.45, 7) is 55.4. The van der Waals surface area contributed by atoms with E-state index in [-0.39, 0.29) is 55.9 Å². The first-order valence-electron chi connectivity index (χ1n) is 18.1. The van der Waals surface area contributed by atoms with E-state index in [9.17, 15) is 4.79 Å². The molecule has 0 aliphatic heterocycles. The maximum absolute atomic E-state index is 13.2. The molecular formula is C37H82O5Si4. The van der Waals surface area contributed by atoms with E-state index < -0.39 is 39.4 Å². The number of rotatable bonds is 16. The van der Waals surface area contributed by atoms with Crippen molar-refractivity contribution in [3.05, 3.63) is 0 Å². The molecule has 0 saturated carbocycles. The van der Waals surface area contributed by atoms with Crippen molar-refractivity contribution in [2.45, 2.75) is 208 Å². The Labute approximate surface area is 293 Å². The molecule has 5 nitrogen and oxygen atoms in total. The number of carbonyl (C=O) groups is 1. The Morgan fingerprint density at radius 2 is 0.826 bits per heavy atom. The number of carbonyl (C=O) groups excluding carboxylic acids is 1. The van der Waals surface area contributed by atoms with Gasteiger partial charge in [0.2, 0.25) is 0 Å². The van der Waals surface area contributed by atoms with Crippen LogP contribution in [0.25, 0.3) is 0 Å². The Bertz CT molecular complexity index is 964. The van der Waals surface area contributed by atoms with E-state index in [0.717, 1.165) is 0 Å². The summed E-state index contributed by atoms with van der Waals surface area (Å²) in [5, 5.41) is 0.288. The standard InChI is InChI=1S/C37H82O5Si4/c1-27(25-31(30(4)38)40-44(19,20)35(8,9)10)32(41-45(21,22)36(11,12)13)29(3)33(42-46(23,24)37(14,15)16)28(2)26-39-43(17,18)34(5,6)7/h27-29,31-33H,25-26H2,1-24H3/t27-,28-,29+,31-,32-,33-/m0/s1. The first-order chi connectivity index (χ1) is 19.9. The summed E-state index contributed by atoms with van der Waals surface area (Å²) in [7, 11) is -8.43. The molecule has 0 bridgehead atoms. The van der Waals surface area contributed by atoms with Gasteiger partial charge in [-0.25, -0.2) is 0 Å². The monoisotopic (exact) mass is 719 g/mol. The van der Waals surface area contributed by atoms with E-state index in [1.807, 2.05) is 0 Å². The molecule has 0 heterocycles. The highest BCUT2D eigenvalue weighted by atomic mass is 28.4. The average Bonchev–Trinajstić information content (AvgIpc) is 2.80. The van der Waals surface area contributed by atoms with Crippen molar-refractivity contribution in [3.8, 4) is 0 Å². The minimum atomic E-state index is -2.18. The maximum atomic E-state index is 13.2. The molecule has 0 N–H and O–H groups in total. The zero-order valence-corrected chi connectivity index (χ0v) is 39.4. The molecule has 0 aromatic rings. The first kappa shape index (κ1) is 46.4. The quantitative estimate of drug-likeness (QED) is 0.149. The van der Waals surface area contributed by atoms with Gasteiger partial charge in [-0.05, 0) is 91.8 Å². The van der Waals surface area contributed by atoms with Gasteiger partial charge in [-0.3, -0.25) is 4.79 Å². The molecule has 0 aromatic heterocycles. The van der Waals surface area contributed by atoms with E-state index in [0.29, 0.717) is 13.0 Å². The topological polar surface area (TPSA) is 54.0 Å². The van der Waals surface area contributed by atoms with Gasteiger partial charge in [0, 0.05) is 18.4 Å². The van der Waals surface area contributed by atoms with Crippen LogP contribution >= 0.6 is 0 Å². The summed E-state index contributed by atoms with van der Waals surface area (Å²) in [5.74, 6) is 0.488. The van der Waals surface area contributed by atoms with Gasteiger partial charge < -0.3 is 17.7 Å². The Kier molecular flexibility index (Phi) is 15.9. The van der Waals surface area contributed by atoms with Crippen LogP contribution in [0.2, 0.25) is 72.5 Å². The van der Waals surface area contributed by atoms with Crippen molar-refractivity contribution in [1.29, 1.82) is 0 Å². The summed E-state index contributed by atoms with van der Waals surface area (Å²) >= 11 is 0. The highest BCUT2D eigenvalue weighted by Gasteiger charge is 2.48. The van der Waals surface area contributed by atoms with Crippen LogP contribution in [0.5, 0.6) is 0 Å². The summed E-state index contributed by atoms with van der Waals surface area (Å²) in [6, 6.07) is 0. The van der Waals surface area contributed by atoms with Gasteiger partial charge in [0.1, 0.15) is 6.10 Å². The van der Waals surface area contributed by atoms with Gasteiger partial charge >= 0.3 is 0 Å². The molecule has 0 aliphatic rings. The van der Waals surface area contributed by atoms with Crippen molar-refractivity contribution in [1.82, 2.24) is 0 Å². The van der Waals surface area contributed by atoms with Crippen LogP contribution in [0.4, 0.5) is 0 Å². The van der Waals surface area contributed by atoms with Crippen LogP contribution in [0.3, 0.4) is 0 Å². The molecule has 46 heavy (non-hydrogen) atoms. The number of hydrogen-bond donors (Lipinski definition) is 0. The van der Waals surface area contributed by atoms with Crippen LogP contribution < -0.4 is 0 Å². The lowest BCUT2D eigenvalue weighted by molar-refractivity contribution is -0.125. The van der Waals surface area contributed by atoms with Crippen LogP contribution in [-0.2, 0) is 22.5 Å². The molecule has 276 valence electrons. The lowest BCUT2D eigenvalue weighted by atomic mass is 9.82. The van der Waals surface area contributed by atoms with Gasteiger partial charge in [-0.1, -0.05) is 104 Å². The van der Waals surface area contributed by atoms with Crippen molar-refractivity contribution in [2.24, 2.45) is 17.8 Å². The minimum absolute atomic E-state index is 0.0238. The van der Waals surface area contributed by atoms with Crippen molar-refractivity contribution < 1.29 is 22.5 Å². The Morgan fingerprint density at radius 1 is 0.522 bits per heavy atom. The van der Waals surface area contributed by atoms with Gasteiger partial charge in [0.15, 0.2) is 39.1 Å². The molecule has 0 aliphatic carbocycles. The molecule has 0 amide bonds. The van der Waals surface area contributed by atoms with Gasteiger partial charge in [0.25, 0.3) is 0 Å². The van der Waals surface area contributed by atoms with E-state index >= 15 is 0 Å². The second-order valence-electron chi connectivity index (χ2n) is 20.8. The fourth-order valence-electron chi connectivity index (χ4n) is 4.66. The fourth-order valence-corrected chi connectivity index (χ4v) is 10.1. The predicted octanol–water partition coefficient (Wildman–Crippen LogP) is 12.1. The summed E-state index contributed by atoms with van der Waals surface area (Å²) in [5.41, 5.74) is 0. The molecule has 0 radical (unpaired) electrons. The summed E-state index contributed by atoms with van der Waals surface area (Å²) < 4.78 is 28.5. The Hall–Kier alpha value is 0.378. The highest BCUT2D eigenvalue weighted by molar-refractivity contribution is 6.75. The molecule has 0 fully saturated rings. The van der Waals surface area contributed by atoms with Gasteiger partial charge in [-0.15, -0.1) is 0 Å². The van der Waals surface area contributed by atoms with E-state index in [1.165, 1.54) is 0 Å². The SMILES string of the molecule is CC(=O)[C@H](C[C@H](C)[C@H](O[Si](C)(C)C(C)(C)C)[C@@H](C)[C@@H](O[Si](C)(C)C(C)(C)C)[C@@H](C)CO[Si](C)(C)C(C)(C)C)O[Si](C)(C)C(C)(C)C. The smallest absolute Gasteiger partial charge is 0.193 e. The molecule has 9 heteroatoms. The Morgan fingerprint density at radius 3 is 1.13 bits per heavy atom. The highest BCUT2D eigenvalue weighted by Crippen LogP contribution is 2.45. The van der Waals surface area contributed by atoms with Crippen LogP contribution in [0, 0.1) is 17.8 Å². The van der Waals surface area contributed by atoms with Crippen molar-refractivity contribution >= 4 is 39.1 Å². The maximum Gasteiger partial charge on any atom is 0.193 e. The third kappa shape index (κ3) is 12.6. The molecule has 6 atom stereocenters. The third-order valence-corrected chi connectivity index (χ3v) is 30.4. The lowest BCUT2D eigenvalue weighted by Crippen LogP contribution is -2.55. The van der Waals surface area contributed by atoms with Crippen LogP contribution in [0.15, 0.2) is 0 Å². The van der Waals surface area contributed by atoms with Crippen molar-refractivity contribution in [3.63, 3.8) is 0 Å². The van der Waals surface area contributed by atoms with Gasteiger partial charge in [0.05, 0.1) is 12.2 Å². The van der Waals surface area contributed by atoms with Crippen molar-refractivity contribution in [2.75, 3.05) is 6.61 Å². The van der Waals surface area contributed by atoms with E-state index in [4.69, 9.17) is 17.7 Å². The molecule has 0 aromatic carbocycles. The number of hydrogen-bond acceptors (Lipinski definition) is 5. The molecule has 0 rings (SSSR count). The largest absolute Gasteiger partial charge is 0.416 e. The third-order valence-electron chi connectivity index (χ3n) is 12.4. The first-order valence-corrected chi connectivity index (χ1v) is 29.7. The second-order valence-corrected chi connectivity index (χ2v) is 39.9. The lowest BCUT2D eigenvalue weighted by Gasteiger charge is -2.49. The van der Waals surface area contributed by atoms with Crippen LogP contribution in [-0.4, -0.2) is 64.0 Å². The Balaban J connectivity index is 6.98. The summed E-state index contributed by atoms with van der Waals surface area (Å²) in [4.78, 5) is 13.2. The predicted molar refractivity (Wildman–Crippen MR) is 212 cm³/mol. The molecule has 0 unspecified atom stereocenters. The fraction of sp³-hybridized carbons (Fsp3) is 0.973. The molecule has 0 saturated heterocycles. The second kappa shape index (κ2) is 15.7. The van der Waals surface area contributed by atoms with Crippen LogP contribution in [0.1, 0.15) is 117 Å². The van der Waals surface area contributed by atoms with E-state index in [2.05, 4.69) is 156 Å². The zero-order valence-electron chi connectivity index (χ0n) is 35.4. The normalized spacial score (nSPS) is 19.0. The summed E-state index contributed by atoms with van der Waals surface area (Å²) in [6.07, 6.45) is 0.0798. The molecular weight excluding hydrogens is 637 g/mol. The average molecular weight is 719 g/mol.